The fourth-order valence-electron chi connectivity index (χ4n) is 0.636. The van der Waals surface area contributed by atoms with E-state index in [1.165, 1.54) is 0 Å². The summed E-state index contributed by atoms with van der Waals surface area (Å²) in [5.41, 5.74) is 0. The van der Waals surface area contributed by atoms with Crippen LogP contribution < -0.4 is 0 Å². The Labute approximate surface area is 97.0 Å². The molecule has 0 rings (SSSR count). The van der Waals surface area contributed by atoms with Gasteiger partial charge in [0.1, 0.15) is 0 Å². The van der Waals surface area contributed by atoms with Crippen LogP contribution in [-0.4, -0.2) is 29.7 Å². The molecule has 108 valence electrons. The summed E-state index contributed by atoms with van der Waals surface area (Å²) >= 11 is 0. The molecule has 0 bridgehead atoms. The van der Waals surface area contributed by atoms with E-state index >= 15 is 0 Å². The molecule has 8 nitrogen and oxygen atoms in total. The van der Waals surface area contributed by atoms with Gasteiger partial charge in [0.25, 0.3) is 0 Å². The van der Waals surface area contributed by atoms with Crippen molar-refractivity contribution in [2.45, 2.75) is 17.8 Å². The van der Waals surface area contributed by atoms with E-state index in [0.717, 1.165) is 10.7 Å². The molecule has 0 saturated heterocycles. The Balaban J connectivity index is 5.56. The molecule has 0 aromatic heterocycles. The highest BCUT2D eigenvalue weighted by Gasteiger charge is 2.80. The number of nitrogens with zero attached hydrogens (tertiary/aromatic N) is 2. The molecule has 0 radical (unpaired) electrons. The largest absolute Gasteiger partial charge is 0.414 e. The van der Waals surface area contributed by atoms with E-state index in [1.807, 2.05) is 0 Å². The van der Waals surface area contributed by atoms with Gasteiger partial charge in [0.15, 0.2) is 10.7 Å². The third-order valence-electron chi connectivity index (χ3n) is 1.54. The lowest BCUT2D eigenvalue weighted by molar-refractivity contribution is -0.301. The molecule has 0 atom stereocenters. The molecule has 0 aliphatic rings. The standard InChI is InChI=1S/C5F6N2O6/c6-3(7,1(14)18-12-16)5(10,11)4(8,9)2(15)19-13-17. The van der Waals surface area contributed by atoms with Gasteiger partial charge in [0, 0.05) is 0 Å². The van der Waals surface area contributed by atoms with Crippen molar-refractivity contribution in [1.29, 1.82) is 0 Å². The molecule has 0 aliphatic carbocycles. The molecule has 0 heterocycles. The van der Waals surface area contributed by atoms with Crippen LogP contribution in [0.25, 0.3) is 0 Å². The van der Waals surface area contributed by atoms with E-state index in [-0.39, 0.29) is 0 Å². The molecule has 0 unspecified atom stereocenters. The zero-order chi connectivity index (χ0) is 15.5. The second-order valence-electron chi connectivity index (χ2n) is 2.63. The Bertz CT molecular complexity index is 375. The van der Waals surface area contributed by atoms with E-state index in [4.69, 9.17) is 0 Å². The predicted molar refractivity (Wildman–Crippen MR) is 38.6 cm³/mol. The zero-order valence-electron chi connectivity index (χ0n) is 8.11. The minimum Gasteiger partial charge on any atom is -0.277 e. The first kappa shape index (κ1) is 16.7. The lowest BCUT2D eigenvalue weighted by atomic mass is 10.1. The second kappa shape index (κ2) is 5.15. The smallest absolute Gasteiger partial charge is 0.277 e. The maximum atomic E-state index is 12.7. The zero-order valence-corrected chi connectivity index (χ0v) is 8.11. The predicted octanol–water partition coefficient (Wildman–Crippen LogP) is 1.34. The summed E-state index contributed by atoms with van der Waals surface area (Å²) in [5.74, 6) is -26.2. The van der Waals surface area contributed by atoms with Crippen LogP contribution in [0.4, 0.5) is 26.3 Å². The summed E-state index contributed by atoms with van der Waals surface area (Å²) in [4.78, 5) is 44.1. The van der Waals surface area contributed by atoms with Gasteiger partial charge in [-0.3, -0.25) is 9.68 Å². The Hall–Kier alpha value is -2.28. The normalized spacial score (nSPS) is 12.5. The monoisotopic (exact) mass is 298 g/mol. The second-order valence-corrected chi connectivity index (χ2v) is 2.63. The SMILES string of the molecule is O=NOC(=O)C(F)(F)C(F)(F)C(F)(F)C(=O)ON=O. The van der Waals surface area contributed by atoms with Crippen LogP contribution in [0.5, 0.6) is 0 Å². The van der Waals surface area contributed by atoms with Gasteiger partial charge >= 0.3 is 29.7 Å². The summed E-state index contributed by atoms with van der Waals surface area (Å²) < 4.78 is 76.1. The number of carbonyl (C=O) groups excluding carboxylic acids is 2. The van der Waals surface area contributed by atoms with E-state index in [1.54, 1.807) is 0 Å². The van der Waals surface area contributed by atoms with Gasteiger partial charge in [-0.05, 0) is 0 Å². The van der Waals surface area contributed by atoms with Crippen molar-refractivity contribution >= 4 is 11.9 Å². The third kappa shape index (κ3) is 2.60. The Kier molecular flexibility index (Phi) is 4.53. The van der Waals surface area contributed by atoms with Gasteiger partial charge < -0.3 is 0 Å². The molecule has 0 fully saturated rings. The molecule has 0 aromatic rings. The number of hydrogen-bond donors (Lipinski definition) is 0. The highest BCUT2D eigenvalue weighted by Crippen LogP contribution is 2.46. The topological polar surface area (TPSA) is 111 Å². The first-order chi connectivity index (χ1) is 8.46. The van der Waals surface area contributed by atoms with Crippen LogP contribution in [0, 0.1) is 9.81 Å². The molecule has 0 amide bonds. The van der Waals surface area contributed by atoms with Gasteiger partial charge in [0.2, 0.25) is 0 Å². The first-order valence-corrected chi connectivity index (χ1v) is 3.68. The van der Waals surface area contributed by atoms with E-state index in [9.17, 15) is 45.7 Å². The molecule has 0 saturated carbocycles. The number of alkyl halides is 6. The van der Waals surface area contributed by atoms with Gasteiger partial charge in [-0.1, -0.05) is 0 Å². The van der Waals surface area contributed by atoms with Crippen molar-refractivity contribution in [1.82, 2.24) is 0 Å². The van der Waals surface area contributed by atoms with Crippen molar-refractivity contribution in [3.8, 4) is 0 Å². The highest BCUT2D eigenvalue weighted by atomic mass is 19.3. The van der Waals surface area contributed by atoms with Crippen LogP contribution in [0.15, 0.2) is 10.7 Å². The van der Waals surface area contributed by atoms with Crippen LogP contribution in [0.3, 0.4) is 0 Å². The number of halogens is 6. The Morgan fingerprint density at radius 3 is 1.21 bits per heavy atom. The van der Waals surface area contributed by atoms with Crippen LogP contribution >= 0.6 is 0 Å². The Morgan fingerprint density at radius 2 is 1.00 bits per heavy atom. The number of hydrogen-bond acceptors (Lipinski definition) is 8. The third-order valence-corrected chi connectivity index (χ3v) is 1.54. The van der Waals surface area contributed by atoms with Gasteiger partial charge in [-0.2, -0.15) is 26.3 Å². The maximum Gasteiger partial charge on any atom is 0.414 e. The van der Waals surface area contributed by atoms with E-state index < -0.39 is 29.7 Å². The molecule has 19 heavy (non-hydrogen) atoms. The van der Waals surface area contributed by atoms with Gasteiger partial charge in [0.05, 0.1) is 0 Å². The van der Waals surface area contributed by atoms with Crippen LogP contribution in [-0.2, 0) is 19.3 Å². The lowest BCUT2D eigenvalue weighted by Crippen LogP contribution is -2.61. The summed E-state index contributed by atoms with van der Waals surface area (Å²) in [5, 5.41) is 2.07. The van der Waals surface area contributed by atoms with Crippen molar-refractivity contribution in [2.75, 3.05) is 0 Å². The van der Waals surface area contributed by atoms with Crippen molar-refractivity contribution < 1.29 is 45.6 Å². The minimum absolute atomic E-state index is 1.04. The molecule has 0 N–H and O–H groups in total. The van der Waals surface area contributed by atoms with Crippen molar-refractivity contribution in [3.63, 3.8) is 0 Å². The fourth-order valence-corrected chi connectivity index (χ4v) is 0.636. The van der Waals surface area contributed by atoms with Gasteiger partial charge in [-0.25, -0.2) is 9.59 Å². The summed E-state index contributed by atoms with van der Waals surface area (Å²) in [6, 6.07) is 0. The summed E-state index contributed by atoms with van der Waals surface area (Å²) in [6.45, 7) is 0. The van der Waals surface area contributed by atoms with E-state index in [0.29, 0.717) is 0 Å². The lowest BCUT2D eigenvalue weighted by Gasteiger charge is -2.27. The minimum atomic E-state index is -6.68. The van der Waals surface area contributed by atoms with Crippen LogP contribution in [0.2, 0.25) is 0 Å². The summed E-state index contributed by atoms with van der Waals surface area (Å²) in [7, 11) is 0. The molecule has 0 aliphatic heterocycles. The number of rotatable bonds is 6. The van der Waals surface area contributed by atoms with Crippen LogP contribution in [0.1, 0.15) is 0 Å². The average molecular weight is 298 g/mol. The molecular weight excluding hydrogens is 298 g/mol. The molecular formula is C5F6N2O6. The molecule has 0 aromatic carbocycles. The van der Waals surface area contributed by atoms with Crippen molar-refractivity contribution in [2.24, 2.45) is 10.7 Å². The first-order valence-electron chi connectivity index (χ1n) is 3.68. The summed E-state index contributed by atoms with van der Waals surface area (Å²) in [6.07, 6.45) is 0. The maximum absolute atomic E-state index is 12.7. The number of carbonyl (C=O) groups is 2. The van der Waals surface area contributed by atoms with E-state index in [2.05, 4.69) is 9.68 Å². The molecule has 14 heteroatoms. The quantitative estimate of drug-likeness (QED) is 0.415. The van der Waals surface area contributed by atoms with Crippen molar-refractivity contribution in [3.05, 3.63) is 9.81 Å². The van der Waals surface area contributed by atoms with Gasteiger partial charge in [-0.15, -0.1) is 9.81 Å². The highest BCUT2D eigenvalue weighted by molar-refractivity contribution is 5.84. The molecule has 0 spiro atoms. The average Bonchev–Trinajstić information content (AvgIpc) is 2.28. The fraction of sp³-hybridized carbons (Fsp3) is 0.600. The Morgan fingerprint density at radius 1 is 0.737 bits per heavy atom.